The Labute approximate surface area is 213 Å². The quantitative estimate of drug-likeness (QED) is 0.486. The van der Waals surface area contributed by atoms with Crippen molar-refractivity contribution in [1.82, 2.24) is 4.31 Å². The number of aliphatic hydroxyl groups excluding tert-OH is 1. The number of carbonyl (C=O) groups excluding carboxylic acids is 1. The first-order valence-corrected chi connectivity index (χ1v) is 14.1. The molecule has 0 radical (unpaired) electrons. The predicted octanol–water partition coefficient (Wildman–Crippen LogP) is 6.48. The number of nitrogens with zero attached hydrogens (tertiary/aromatic N) is 1. The molecule has 35 heavy (non-hydrogen) atoms. The Hall–Kier alpha value is -2.22. The molecule has 1 aliphatic rings. The fraction of sp³-hybridized carbons (Fsp3) is 0.536. The maximum atomic E-state index is 13.0. The highest BCUT2D eigenvalue weighted by Crippen LogP contribution is 2.28. The molecule has 0 heterocycles. The Bertz CT molecular complexity index is 990. The number of benzene rings is 2. The van der Waals surface area contributed by atoms with Crippen molar-refractivity contribution < 1.29 is 18.3 Å². The van der Waals surface area contributed by atoms with Crippen LogP contribution in [0, 0.1) is 20.8 Å². The maximum Gasteiger partial charge on any atom is 0.255 e. The number of rotatable bonds is 5. The van der Waals surface area contributed by atoms with Gasteiger partial charge in [0.25, 0.3) is 5.91 Å². The van der Waals surface area contributed by atoms with Gasteiger partial charge in [-0.15, -0.1) is 0 Å². The lowest BCUT2D eigenvalue weighted by Crippen LogP contribution is -2.35. The minimum absolute atomic E-state index is 0.0426. The van der Waals surface area contributed by atoms with E-state index in [2.05, 4.69) is 5.32 Å². The van der Waals surface area contributed by atoms with Crippen LogP contribution in [0.4, 0.5) is 5.69 Å². The van der Waals surface area contributed by atoms with Crippen molar-refractivity contribution in [3.63, 3.8) is 0 Å². The average Bonchev–Trinajstić information content (AvgIpc) is 3.40. The molecule has 198 valence electrons. The van der Waals surface area contributed by atoms with E-state index in [0.717, 1.165) is 36.8 Å². The highest BCUT2D eigenvalue weighted by molar-refractivity contribution is 7.89. The SMILES string of the molecule is CC.CC.CCO.Cc1cc(NC(=O)c2cccc(S(=O)(=O)N(C)C3CCCC3)c2)cc(C)c1C. The first-order valence-electron chi connectivity index (χ1n) is 12.7. The van der Waals surface area contributed by atoms with Gasteiger partial charge in [-0.05, 0) is 87.6 Å². The molecule has 0 unspecified atom stereocenters. The van der Waals surface area contributed by atoms with Crippen LogP contribution in [-0.2, 0) is 10.0 Å². The van der Waals surface area contributed by atoms with E-state index in [1.807, 2.05) is 60.6 Å². The lowest BCUT2D eigenvalue weighted by atomic mass is 10.0. The van der Waals surface area contributed by atoms with Crippen LogP contribution in [0.2, 0.25) is 0 Å². The summed E-state index contributed by atoms with van der Waals surface area (Å²) in [5.41, 5.74) is 4.44. The van der Waals surface area contributed by atoms with Gasteiger partial charge in [-0.3, -0.25) is 4.79 Å². The molecular weight excluding hydrogens is 460 g/mol. The lowest BCUT2D eigenvalue weighted by Gasteiger charge is -2.23. The summed E-state index contributed by atoms with van der Waals surface area (Å²) < 4.78 is 27.4. The Kier molecular flexibility index (Phi) is 15.4. The van der Waals surface area contributed by atoms with E-state index in [9.17, 15) is 13.2 Å². The van der Waals surface area contributed by atoms with Crippen LogP contribution >= 0.6 is 0 Å². The van der Waals surface area contributed by atoms with Gasteiger partial charge in [0.05, 0.1) is 4.90 Å². The number of hydrogen-bond donors (Lipinski definition) is 2. The van der Waals surface area contributed by atoms with Crippen LogP contribution in [0.25, 0.3) is 0 Å². The zero-order chi connectivity index (χ0) is 27.2. The number of hydrogen-bond acceptors (Lipinski definition) is 4. The highest BCUT2D eigenvalue weighted by Gasteiger charge is 2.30. The Balaban J connectivity index is 0.00000150. The molecule has 0 atom stereocenters. The number of aliphatic hydroxyl groups is 1. The third-order valence-electron chi connectivity index (χ3n) is 5.80. The van der Waals surface area contributed by atoms with Crippen LogP contribution in [0.5, 0.6) is 0 Å². The molecule has 1 amide bonds. The second-order valence-electron chi connectivity index (χ2n) is 7.99. The summed E-state index contributed by atoms with van der Waals surface area (Å²) in [6, 6.07) is 10.2. The van der Waals surface area contributed by atoms with E-state index >= 15 is 0 Å². The maximum absolute atomic E-state index is 13.0. The molecule has 0 saturated heterocycles. The standard InChI is InChI=1S/C22H28N2O3S.C2H6O.2C2H6/c1-15-12-19(13-16(2)17(15)3)23-22(25)18-8-7-11-21(14-18)28(26,27)24(4)20-9-5-6-10-20;1-2-3;2*1-2/h7-8,11-14,20H,5-6,9-10H2,1-4H3,(H,23,25);3H,2H2,1H3;2*1-2H3. The third kappa shape index (κ3) is 9.39. The van der Waals surface area contributed by atoms with Crippen molar-refractivity contribution in [2.24, 2.45) is 0 Å². The van der Waals surface area contributed by atoms with Gasteiger partial charge in [0, 0.05) is 30.9 Å². The fourth-order valence-corrected chi connectivity index (χ4v) is 5.20. The van der Waals surface area contributed by atoms with Crippen LogP contribution in [0.1, 0.15) is 87.4 Å². The molecule has 1 aliphatic carbocycles. The molecule has 2 aromatic carbocycles. The smallest absolute Gasteiger partial charge is 0.255 e. The van der Waals surface area contributed by atoms with Gasteiger partial charge in [-0.25, -0.2) is 8.42 Å². The summed E-state index contributed by atoms with van der Waals surface area (Å²) in [5, 5.41) is 10.5. The number of nitrogens with one attached hydrogen (secondary N) is 1. The summed E-state index contributed by atoms with van der Waals surface area (Å²) >= 11 is 0. The largest absolute Gasteiger partial charge is 0.397 e. The number of carbonyl (C=O) groups is 1. The van der Waals surface area contributed by atoms with Crippen LogP contribution in [0.3, 0.4) is 0 Å². The molecule has 0 spiro atoms. The van der Waals surface area contributed by atoms with Crippen LogP contribution in [0.15, 0.2) is 41.3 Å². The fourth-order valence-electron chi connectivity index (χ4n) is 3.74. The topological polar surface area (TPSA) is 86.7 Å². The van der Waals surface area contributed by atoms with E-state index in [4.69, 9.17) is 5.11 Å². The van der Waals surface area contributed by atoms with Crippen molar-refractivity contribution in [2.45, 2.75) is 92.0 Å². The molecule has 2 N–H and O–H groups in total. The van der Waals surface area contributed by atoms with Gasteiger partial charge < -0.3 is 10.4 Å². The molecule has 3 rings (SSSR count). The first kappa shape index (κ1) is 32.8. The Morgan fingerprint density at radius 2 is 1.49 bits per heavy atom. The molecule has 0 aliphatic heterocycles. The van der Waals surface area contributed by atoms with Crippen molar-refractivity contribution in [1.29, 1.82) is 0 Å². The molecule has 2 aromatic rings. The summed E-state index contributed by atoms with van der Waals surface area (Å²) in [4.78, 5) is 12.9. The molecule has 1 saturated carbocycles. The number of aryl methyl sites for hydroxylation is 2. The van der Waals surface area contributed by atoms with Gasteiger partial charge in [0.1, 0.15) is 0 Å². The van der Waals surface area contributed by atoms with Gasteiger partial charge in [0.2, 0.25) is 10.0 Å². The summed E-state index contributed by atoms with van der Waals surface area (Å²) in [7, 11) is -1.98. The number of anilines is 1. The highest BCUT2D eigenvalue weighted by atomic mass is 32.2. The normalized spacial score (nSPS) is 13.0. The minimum atomic E-state index is -3.62. The first-order chi connectivity index (χ1) is 16.6. The molecule has 0 aromatic heterocycles. The molecule has 7 heteroatoms. The predicted molar refractivity (Wildman–Crippen MR) is 148 cm³/mol. The average molecular weight is 507 g/mol. The lowest BCUT2D eigenvalue weighted by molar-refractivity contribution is 0.102. The minimum Gasteiger partial charge on any atom is -0.397 e. The van der Waals surface area contributed by atoms with Gasteiger partial charge in [-0.2, -0.15) is 4.31 Å². The van der Waals surface area contributed by atoms with Crippen molar-refractivity contribution in [2.75, 3.05) is 19.0 Å². The molecule has 6 nitrogen and oxygen atoms in total. The van der Waals surface area contributed by atoms with E-state index < -0.39 is 10.0 Å². The zero-order valence-corrected chi connectivity index (χ0v) is 23.9. The van der Waals surface area contributed by atoms with Crippen molar-refractivity contribution in [3.05, 3.63) is 58.7 Å². The summed E-state index contributed by atoms with van der Waals surface area (Å²) in [6.45, 7) is 16.0. The van der Waals surface area contributed by atoms with Gasteiger partial charge in [-0.1, -0.05) is 46.6 Å². The molecule has 1 fully saturated rings. The molecule has 0 bridgehead atoms. The second-order valence-corrected chi connectivity index (χ2v) is 9.99. The van der Waals surface area contributed by atoms with Crippen LogP contribution in [-0.4, -0.2) is 43.4 Å². The Morgan fingerprint density at radius 1 is 1.00 bits per heavy atom. The van der Waals surface area contributed by atoms with Gasteiger partial charge in [0.15, 0.2) is 0 Å². The summed E-state index contributed by atoms with van der Waals surface area (Å²) in [6.07, 6.45) is 3.90. The second kappa shape index (κ2) is 16.5. The van der Waals surface area contributed by atoms with E-state index in [-0.39, 0.29) is 23.5 Å². The van der Waals surface area contributed by atoms with Crippen molar-refractivity contribution >= 4 is 21.6 Å². The van der Waals surface area contributed by atoms with E-state index in [1.165, 1.54) is 15.9 Å². The third-order valence-corrected chi connectivity index (χ3v) is 7.70. The number of amides is 1. The van der Waals surface area contributed by atoms with Crippen LogP contribution < -0.4 is 5.32 Å². The monoisotopic (exact) mass is 506 g/mol. The number of sulfonamides is 1. The Morgan fingerprint density at radius 3 is 1.97 bits per heavy atom. The van der Waals surface area contributed by atoms with E-state index in [0.29, 0.717) is 11.3 Å². The van der Waals surface area contributed by atoms with Gasteiger partial charge >= 0.3 is 0 Å². The van der Waals surface area contributed by atoms with Crippen molar-refractivity contribution in [3.8, 4) is 0 Å². The summed E-state index contributed by atoms with van der Waals surface area (Å²) in [5.74, 6) is -0.316. The molecular formula is C28H46N2O4S. The van der Waals surface area contributed by atoms with E-state index in [1.54, 1.807) is 32.2 Å². The zero-order valence-electron chi connectivity index (χ0n) is 23.1.